The average Bonchev–Trinajstić information content (AvgIpc) is 2.80. The standard InChI is InChI=1S/C13H15F3N4/c1-13(2,3)17-6-9-7-18-19-20(9)8-4-10(14)12(16)11(15)5-8/h4-5,7,17H,6H2,1-3H3. The Morgan fingerprint density at radius 2 is 1.75 bits per heavy atom. The Bertz CT molecular complexity index is 593. The highest BCUT2D eigenvalue weighted by atomic mass is 19.2. The van der Waals surface area contributed by atoms with Crippen molar-refractivity contribution in [2.75, 3.05) is 0 Å². The molecule has 2 aromatic rings. The Morgan fingerprint density at radius 1 is 1.15 bits per heavy atom. The van der Waals surface area contributed by atoms with Gasteiger partial charge in [-0.05, 0) is 20.8 Å². The van der Waals surface area contributed by atoms with Crippen LogP contribution in [0.3, 0.4) is 0 Å². The number of hydrogen-bond donors (Lipinski definition) is 1. The van der Waals surface area contributed by atoms with E-state index in [-0.39, 0.29) is 11.2 Å². The first kappa shape index (κ1) is 14.5. The van der Waals surface area contributed by atoms with Gasteiger partial charge in [-0.2, -0.15) is 0 Å². The third-order valence-corrected chi connectivity index (χ3v) is 2.63. The van der Waals surface area contributed by atoms with Gasteiger partial charge in [0.1, 0.15) is 0 Å². The maximum atomic E-state index is 13.2. The summed E-state index contributed by atoms with van der Waals surface area (Å²) in [4.78, 5) is 0. The summed E-state index contributed by atoms with van der Waals surface area (Å²) < 4.78 is 40.7. The minimum absolute atomic E-state index is 0.0876. The first-order valence-corrected chi connectivity index (χ1v) is 6.07. The van der Waals surface area contributed by atoms with E-state index in [1.807, 2.05) is 20.8 Å². The molecule has 0 saturated carbocycles. The van der Waals surface area contributed by atoms with E-state index in [4.69, 9.17) is 0 Å². The van der Waals surface area contributed by atoms with Crippen LogP contribution in [-0.2, 0) is 6.54 Å². The topological polar surface area (TPSA) is 42.7 Å². The predicted molar refractivity (Wildman–Crippen MR) is 67.8 cm³/mol. The lowest BCUT2D eigenvalue weighted by Gasteiger charge is -2.20. The fraction of sp³-hybridized carbons (Fsp3) is 0.385. The van der Waals surface area contributed by atoms with Gasteiger partial charge in [0.15, 0.2) is 17.5 Å². The van der Waals surface area contributed by atoms with Crippen LogP contribution in [0.4, 0.5) is 13.2 Å². The molecule has 0 unspecified atom stereocenters. The molecule has 0 amide bonds. The Labute approximate surface area is 114 Å². The van der Waals surface area contributed by atoms with Crippen molar-refractivity contribution in [3.63, 3.8) is 0 Å². The van der Waals surface area contributed by atoms with Crippen LogP contribution in [-0.4, -0.2) is 20.5 Å². The van der Waals surface area contributed by atoms with E-state index in [0.717, 1.165) is 12.1 Å². The van der Waals surface area contributed by atoms with Crippen LogP contribution in [0.15, 0.2) is 18.3 Å². The Kier molecular flexibility index (Phi) is 3.80. The molecule has 1 N–H and O–H groups in total. The fourth-order valence-electron chi connectivity index (χ4n) is 1.61. The number of aromatic nitrogens is 3. The van der Waals surface area contributed by atoms with Crippen molar-refractivity contribution in [2.45, 2.75) is 32.9 Å². The number of nitrogens with zero attached hydrogens (tertiary/aromatic N) is 3. The molecule has 0 atom stereocenters. The first-order chi connectivity index (χ1) is 9.28. The third-order valence-electron chi connectivity index (χ3n) is 2.63. The zero-order valence-corrected chi connectivity index (χ0v) is 11.4. The molecule has 0 radical (unpaired) electrons. The summed E-state index contributed by atoms with van der Waals surface area (Å²) in [6.45, 7) is 6.37. The van der Waals surface area contributed by atoms with Gasteiger partial charge in [-0.15, -0.1) is 5.10 Å². The highest BCUT2D eigenvalue weighted by molar-refractivity contribution is 5.33. The Morgan fingerprint density at radius 3 is 2.30 bits per heavy atom. The quantitative estimate of drug-likeness (QED) is 0.881. The van der Waals surface area contributed by atoms with Gasteiger partial charge < -0.3 is 5.32 Å². The second-order valence-electron chi connectivity index (χ2n) is 5.46. The van der Waals surface area contributed by atoms with E-state index >= 15 is 0 Å². The summed E-state index contributed by atoms with van der Waals surface area (Å²) in [5, 5.41) is 10.7. The van der Waals surface area contributed by atoms with E-state index in [9.17, 15) is 13.2 Å². The Hall–Kier alpha value is -1.89. The molecule has 1 aromatic heterocycles. The number of rotatable bonds is 3. The van der Waals surface area contributed by atoms with Crippen molar-refractivity contribution in [3.8, 4) is 5.69 Å². The summed E-state index contributed by atoms with van der Waals surface area (Å²) in [5.41, 5.74) is 0.573. The van der Waals surface area contributed by atoms with Gasteiger partial charge in [-0.1, -0.05) is 5.21 Å². The first-order valence-electron chi connectivity index (χ1n) is 6.07. The molecule has 0 aliphatic rings. The van der Waals surface area contributed by atoms with Crippen molar-refractivity contribution in [1.82, 2.24) is 20.3 Å². The number of halogens is 3. The number of benzene rings is 1. The normalized spacial score (nSPS) is 11.9. The SMILES string of the molecule is CC(C)(C)NCc1cnnn1-c1cc(F)c(F)c(F)c1. The molecule has 0 spiro atoms. The van der Waals surface area contributed by atoms with Crippen molar-refractivity contribution in [1.29, 1.82) is 0 Å². The second-order valence-corrected chi connectivity index (χ2v) is 5.46. The molecule has 1 aromatic carbocycles. The minimum atomic E-state index is -1.50. The van der Waals surface area contributed by atoms with Crippen LogP contribution in [0.1, 0.15) is 26.5 Å². The van der Waals surface area contributed by atoms with Gasteiger partial charge in [0.05, 0.1) is 17.6 Å². The van der Waals surface area contributed by atoms with Crippen LogP contribution in [0.25, 0.3) is 5.69 Å². The maximum Gasteiger partial charge on any atom is 0.194 e. The van der Waals surface area contributed by atoms with Crippen molar-refractivity contribution in [2.24, 2.45) is 0 Å². The molecule has 0 aliphatic heterocycles. The summed E-state index contributed by atoms with van der Waals surface area (Å²) in [5.74, 6) is -4.02. The molecule has 2 rings (SSSR count). The van der Waals surface area contributed by atoms with Gasteiger partial charge in [0.25, 0.3) is 0 Å². The molecule has 0 saturated heterocycles. The number of nitrogens with one attached hydrogen (secondary N) is 1. The highest BCUT2D eigenvalue weighted by Crippen LogP contribution is 2.17. The van der Waals surface area contributed by atoms with Gasteiger partial charge in [0.2, 0.25) is 0 Å². The largest absolute Gasteiger partial charge is 0.306 e. The summed E-state index contributed by atoms with van der Waals surface area (Å²) in [6.07, 6.45) is 1.48. The van der Waals surface area contributed by atoms with Crippen molar-refractivity contribution in [3.05, 3.63) is 41.5 Å². The molecule has 0 bridgehead atoms. The fourth-order valence-corrected chi connectivity index (χ4v) is 1.61. The summed E-state index contributed by atoms with van der Waals surface area (Å²) >= 11 is 0. The monoisotopic (exact) mass is 284 g/mol. The van der Waals surface area contributed by atoms with Crippen LogP contribution in [0, 0.1) is 17.5 Å². The summed E-state index contributed by atoms with van der Waals surface area (Å²) in [7, 11) is 0. The van der Waals surface area contributed by atoms with E-state index in [1.54, 1.807) is 0 Å². The second kappa shape index (κ2) is 5.24. The van der Waals surface area contributed by atoms with Gasteiger partial charge in [-0.3, -0.25) is 0 Å². The van der Waals surface area contributed by atoms with Gasteiger partial charge >= 0.3 is 0 Å². The molecule has 1 heterocycles. The maximum absolute atomic E-state index is 13.2. The molecule has 20 heavy (non-hydrogen) atoms. The lowest BCUT2D eigenvalue weighted by atomic mass is 10.1. The zero-order valence-electron chi connectivity index (χ0n) is 11.4. The lowest BCUT2D eigenvalue weighted by Crippen LogP contribution is -2.35. The van der Waals surface area contributed by atoms with Crippen LogP contribution in [0.5, 0.6) is 0 Å². The lowest BCUT2D eigenvalue weighted by molar-refractivity contribution is 0.417. The van der Waals surface area contributed by atoms with E-state index in [1.165, 1.54) is 10.9 Å². The zero-order chi connectivity index (χ0) is 14.9. The van der Waals surface area contributed by atoms with Crippen molar-refractivity contribution < 1.29 is 13.2 Å². The average molecular weight is 284 g/mol. The molecule has 7 heteroatoms. The van der Waals surface area contributed by atoms with E-state index in [2.05, 4.69) is 15.6 Å². The minimum Gasteiger partial charge on any atom is -0.306 e. The Balaban J connectivity index is 2.33. The summed E-state index contributed by atoms with van der Waals surface area (Å²) in [6, 6.07) is 1.77. The van der Waals surface area contributed by atoms with E-state index in [0.29, 0.717) is 12.2 Å². The molecule has 0 aliphatic carbocycles. The molecule has 108 valence electrons. The van der Waals surface area contributed by atoms with Crippen molar-refractivity contribution >= 4 is 0 Å². The van der Waals surface area contributed by atoms with Gasteiger partial charge in [-0.25, -0.2) is 17.9 Å². The predicted octanol–water partition coefficient (Wildman–Crippen LogP) is 2.57. The molecular weight excluding hydrogens is 269 g/mol. The molecule has 0 fully saturated rings. The van der Waals surface area contributed by atoms with Crippen LogP contribution < -0.4 is 5.32 Å². The third kappa shape index (κ3) is 3.16. The highest BCUT2D eigenvalue weighted by Gasteiger charge is 2.16. The smallest absolute Gasteiger partial charge is 0.194 e. The van der Waals surface area contributed by atoms with E-state index < -0.39 is 17.5 Å². The van der Waals surface area contributed by atoms with Crippen LogP contribution in [0.2, 0.25) is 0 Å². The number of hydrogen-bond acceptors (Lipinski definition) is 3. The van der Waals surface area contributed by atoms with Crippen LogP contribution >= 0.6 is 0 Å². The molecular formula is C13H15F3N4. The van der Waals surface area contributed by atoms with Gasteiger partial charge in [0, 0.05) is 24.2 Å². The molecule has 4 nitrogen and oxygen atoms in total.